The predicted octanol–water partition coefficient (Wildman–Crippen LogP) is 10.6. The average Bonchev–Trinajstić information content (AvgIpc) is 2.69. The Morgan fingerprint density at radius 3 is 0.771 bits per heavy atom. The lowest BCUT2D eigenvalue weighted by Crippen LogP contribution is -2.45. The fourth-order valence-electron chi connectivity index (χ4n) is 4.37. The quantitative estimate of drug-likeness (QED) is 0.0866. The molecule has 35 heavy (non-hydrogen) atoms. The highest BCUT2D eigenvalue weighted by Crippen LogP contribution is 2.28. The Kier molecular flexibility index (Phi) is 17.7. The molecule has 0 aliphatic carbocycles. The van der Waals surface area contributed by atoms with Gasteiger partial charge < -0.3 is 5.40 Å². The van der Waals surface area contributed by atoms with Gasteiger partial charge in [0, 0.05) is 19.3 Å². The molecule has 0 spiro atoms. The zero-order valence-electron chi connectivity index (χ0n) is 20.8. The van der Waals surface area contributed by atoms with Gasteiger partial charge in [-0.1, -0.05) is 77.0 Å². The van der Waals surface area contributed by atoms with Crippen molar-refractivity contribution in [2.24, 2.45) is 5.40 Å². The molecule has 2 N–H and O–H groups in total. The van der Waals surface area contributed by atoms with Crippen LogP contribution in [-0.4, -0.2) is 26.8 Å². The Morgan fingerprint density at radius 2 is 0.543 bits per heavy atom. The Balaban J connectivity index is 4.25. The average molecular weight is 546 g/mol. The first kappa shape index (κ1) is 34.5. The minimum atomic E-state index is -4.11. The van der Waals surface area contributed by atoms with Crippen LogP contribution in [0.1, 0.15) is 116 Å². The minimum absolute atomic E-state index is 0.136. The number of hydrogen-bond acceptors (Lipinski definition) is 1. The molecule has 0 unspecified atom stereocenters. The van der Waals surface area contributed by atoms with Crippen molar-refractivity contribution in [2.75, 3.05) is 0 Å². The second-order valence-corrected chi connectivity index (χ2v) is 14.2. The predicted molar refractivity (Wildman–Crippen MR) is 126 cm³/mol. The number of hydrogen-bond donors (Lipinski definition) is 1. The first-order chi connectivity index (χ1) is 16.1. The summed E-state index contributed by atoms with van der Waals surface area (Å²) >= 11 is 0. The van der Waals surface area contributed by atoms with Crippen LogP contribution in [0.2, 0.25) is 18.1 Å². The van der Waals surface area contributed by atoms with E-state index in [-0.39, 0.29) is 19.3 Å². The Hall–Kier alpha value is -0.453. The van der Waals surface area contributed by atoms with Crippen LogP contribution in [0.15, 0.2) is 0 Å². The summed E-state index contributed by atoms with van der Waals surface area (Å²) < 4.78 is 110. The van der Waals surface area contributed by atoms with Crippen LogP contribution >= 0.6 is 0 Å². The van der Waals surface area contributed by atoms with Crippen molar-refractivity contribution >= 4 is 8.24 Å². The van der Waals surface area contributed by atoms with Crippen molar-refractivity contribution in [3.05, 3.63) is 0 Å². The van der Waals surface area contributed by atoms with E-state index in [0.29, 0.717) is 19.3 Å². The van der Waals surface area contributed by atoms with Crippen LogP contribution in [0, 0.1) is 0 Å². The third-order valence-electron chi connectivity index (χ3n) is 6.40. The largest absolute Gasteiger partial charge is 0.389 e. The summed E-state index contributed by atoms with van der Waals surface area (Å²) in [6, 6.07) is 2.61. The van der Waals surface area contributed by atoms with Gasteiger partial charge in [0.25, 0.3) is 0 Å². The highest BCUT2D eigenvalue weighted by Gasteiger charge is 2.29. The molecule has 0 saturated carbocycles. The fourth-order valence-corrected chi connectivity index (χ4v) is 7.99. The zero-order valence-corrected chi connectivity index (χ0v) is 21.8. The van der Waals surface area contributed by atoms with E-state index >= 15 is 0 Å². The number of alkyl halides is 9. The molecule has 0 amide bonds. The lowest BCUT2D eigenvalue weighted by Gasteiger charge is -2.27. The molecule has 0 aromatic carbocycles. The maximum absolute atomic E-state index is 12.2. The molecule has 0 rings (SSSR count). The highest BCUT2D eigenvalue weighted by molar-refractivity contribution is 6.76. The number of nitrogens with two attached hydrogens (primary N) is 1. The van der Waals surface area contributed by atoms with Gasteiger partial charge in [0.2, 0.25) is 0 Å². The summed E-state index contributed by atoms with van der Waals surface area (Å²) in [7, 11) is -2.08. The molecule has 0 aromatic heterocycles. The summed E-state index contributed by atoms with van der Waals surface area (Å²) in [6.45, 7) is 0. The Labute approximate surface area is 205 Å². The fraction of sp³-hybridized carbons (Fsp3) is 1.00. The summed E-state index contributed by atoms with van der Waals surface area (Å²) in [4.78, 5) is 0. The van der Waals surface area contributed by atoms with Gasteiger partial charge in [-0.15, -0.1) is 0 Å². The molecule has 0 heterocycles. The monoisotopic (exact) mass is 545 g/mol. The molecule has 0 fully saturated rings. The minimum Gasteiger partial charge on any atom is -0.351 e. The van der Waals surface area contributed by atoms with Crippen molar-refractivity contribution in [2.45, 2.75) is 152 Å². The van der Waals surface area contributed by atoms with E-state index < -0.39 is 46.0 Å². The lowest BCUT2D eigenvalue weighted by atomic mass is 10.1. The summed E-state index contributed by atoms with van der Waals surface area (Å²) in [5.41, 5.74) is 0. The van der Waals surface area contributed by atoms with Gasteiger partial charge in [-0.2, -0.15) is 39.5 Å². The first-order valence-corrected chi connectivity index (χ1v) is 15.8. The molecule has 212 valence electrons. The van der Waals surface area contributed by atoms with Gasteiger partial charge in [-0.05, 0) is 37.4 Å². The van der Waals surface area contributed by atoms with Gasteiger partial charge in [0.05, 0.1) is 0 Å². The molecule has 0 aliphatic rings. The van der Waals surface area contributed by atoms with Crippen LogP contribution in [0.4, 0.5) is 39.5 Å². The van der Waals surface area contributed by atoms with Crippen molar-refractivity contribution in [1.82, 2.24) is 0 Å². The van der Waals surface area contributed by atoms with Crippen LogP contribution in [0.5, 0.6) is 0 Å². The Morgan fingerprint density at radius 1 is 0.343 bits per heavy atom. The number of unbranched alkanes of at least 4 members (excludes halogenated alkanes) is 12. The van der Waals surface area contributed by atoms with Gasteiger partial charge in [-0.25, -0.2) is 0 Å². The summed E-state index contributed by atoms with van der Waals surface area (Å²) in [5, 5.41) is 6.78. The molecular formula is C24H44F9NSi. The van der Waals surface area contributed by atoms with Crippen LogP contribution in [0.25, 0.3) is 0 Å². The smallest absolute Gasteiger partial charge is 0.351 e. The van der Waals surface area contributed by atoms with E-state index in [9.17, 15) is 39.5 Å². The van der Waals surface area contributed by atoms with Crippen molar-refractivity contribution in [1.29, 1.82) is 0 Å². The third-order valence-corrected chi connectivity index (χ3v) is 10.5. The second kappa shape index (κ2) is 17.9. The molecule has 0 atom stereocenters. The van der Waals surface area contributed by atoms with Crippen molar-refractivity contribution in [3.8, 4) is 0 Å². The van der Waals surface area contributed by atoms with E-state index in [1.807, 2.05) is 0 Å². The van der Waals surface area contributed by atoms with E-state index in [1.165, 1.54) is 0 Å². The van der Waals surface area contributed by atoms with Crippen LogP contribution in [0.3, 0.4) is 0 Å². The van der Waals surface area contributed by atoms with E-state index in [2.05, 4.69) is 0 Å². The summed E-state index contributed by atoms with van der Waals surface area (Å²) in [6.07, 6.45) is -5.28. The third kappa shape index (κ3) is 26.4. The normalized spacial score (nSPS) is 13.5. The van der Waals surface area contributed by atoms with E-state index in [4.69, 9.17) is 5.40 Å². The number of rotatable bonds is 21. The number of halogens is 9. The topological polar surface area (TPSA) is 26.0 Å². The van der Waals surface area contributed by atoms with Gasteiger partial charge in [0.15, 0.2) is 0 Å². The molecule has 0 saturated heterocycles. The molecule has 1 nitrogen and oxygen atoms in total. The van der Waals surface area contributed by atoms with E-state index in [1.54, 1.807) is 0 Å². The standard InChI is InChI=1S/C24H44F9NSi/c25-22(26,27)16-10-4-1-7-13-19-35(34,20-14-8-2-5-11-17-23(28,29)30)21-15-9-3-6-12-18-24(31,32)33/h1-21,34H2. The van der Waals surface area contributed by atoms with Crippen LogP contribution in [-0.2, 0) is 0 Å². The lowest BCUT2D eigenvalue weighted by molar-refractivity contribution is -0.136. The first-order valence-electron chi connectivity index (χ1n) is 13.1. The van der Waals surface area contributed by atoms with Gasteiger partial charge in [0.1, 0.15) is 8.24 Å². The SMILES string of the molecule is N[Si](CCCCCCCC(F)(F)F)(CCCCCCCC(F)(F)F)CCCCCCCC(F)(F)F. The maximum Gasteiger partial charge on any atom is 0.389 e. The molecule has 0 aromatic rings. The van der Waals surface area contributed by atoms with Gasteiger partial charge >= 0.3 is 18.5 Å². The molecule has 0 radical (unpaired) electrons. The second-order valence-electron chi connectivity index (χ2n) is 10.0. The maximum atomic E-state index is 12.2. The summed E-state index contributed by atoms with van der Waals surface area (Å²) in [5.74, 6) is 0. The Bertz CT molecular complexity index is 435. The molecular weight excluding hydrogens is 501 g/mol. The van der Waals surface area contributed by atoms with Crippen LogP contribution < -0.4 is 5.40 Å². The zero-order chi connectivity index (χ0) is 26.8. The highest BCUT2D eigenvalue weighted by atomic mass is 28.3. The molecule has 11 heteroatoms. The van der Waals surface area contributed by atoms with E-state index in [0.717, 1.165) is 75.9 Å². The molecule has 0 bridgehead atoms. The molecule has 0 aliphatic heterocycles. The van der Waals surface area contributed by atoms with Crippen molar-refractivity contribution < 1.29 is 39.5 Å². The van der Waals surface area contributed by atoms with Crippen molar-refractivity contribution in [3.63, 3.8) is 0 Å². The van der Waals surface area contributed by atoms with Gasteiger partial charge in [-0.3, -0.25) is 0 Å².